The van der Waals surface area contributed by atoms with Crippen LogP contribution in [0.4, 0.5) is 0 Å². The number of aromatic hydroxyl groups is 1. The molecule has 3 N–H and O–H groups in total. The Morgan fingerprint density at radius 3 is 2.33 bits per heavy atom. The highest BCUT2D eigenvalue weighted by Crippen LogP contribution is 2.38. The number of rotatable bonds is 4. The Hall–Kier alpha value is -2.24. The van der Waals surface area contributed by atoms with Crippen LogP contribution in [0.25, 0.3) is 0 Å². The number of likely N-dealkylation sites (N-methyl/N-ethyl adjacent to an activating group) is 1. The molecule has 1 aliphatic heterocycles. The molecule has 1 atom stereocenters. The Balaban J connectivity index is 0.00000208. The lowest BCUT2D eigenvalue weighted by molar-refractivity contribution is 0.228. The molecule has 0 amide bonds. The highest BCUT2D eigenvalue weighted by Gasteiger charge is 2.27. The van der Waals surface area contributed by atoms with Gasteiger partial charge in [0.2, 0.25) is 0 Å². The molecule has 0 spiro atoms. The summed E-state index contributed by atoms with van der Waals surface area (Å²) < 4.78 is 10.9. The summed E-state index contributed by atoms with van der Waals surface area (Å²) in [4.78, 5) is 2.38. The highest BCUT2D eigenvalue weighted by atomic mass is 16.5. The second-order valence-corrected chi connectivity index (χ2v) is 6.02. The molecule has 3 rings (SSSR count). The molecule has 5 nitrogen and oxygen atoms in total. The van der Waals surface area contributed by atoms with Crippen LogP contribution in [0.5, 0.6) is 17.2 Å². The van der Waals surface area contributed by atoms with Crippen molar-refractivity contribution in [1.82, 2.24) is 4.90 Å². The van der Waals surface area contributed by atoms with Gasteiger partial charge in [-0.25, -0.2) is 0 Å². The number of hydrogen-bond acceptors (Lipinski definition) is 4. The van der Waals surface area contributed by atoms with Gasteiger partial charge in [0.25, 0.3) is 0 Å². The summed E-state index contributed by atoms with van der Waals surface area (Å²) in [5.74, 6) is 1.87. The van der Waals surface area contributed by atoms with Gasteiger partial charge in [-0.15, -0.1) is 0 Å². The summed E-state index contributed by atoms with van der Waals surface area (Å²) in [6, 6.07) is 12.0. The molecular weight excluding hydrogens is 306 g/mol. The molecule has 130 valence electrons. The van der Waals surface area contributed by atoms with Gasteiger partial charge in [0.1, 0.15) is 5.75 Å². The standard InChI is InChI=1S/C19H23NO3.H2O/c1-20-9-8-14-11-18(22-2)19(23-3)12-16(14)17(20)10-13-4-6-15(21)7-5-13;/h4-7,11-12,17,21H,8-10H2,1-3H3;1H2. The monoisotopic (exact) mass is 331 g/mol. The largest absolute Gasteiger partial charge is 0.508 e. The Morgan fingerprint density at radius 2 is 1.71 bits per heavy atom. The maximum absolute atomic E-state index is 9.46. The zero-order chi connectivity index (χ0) is 16.4. The minimum Gasteiger partial charge on any atom is -0.508 e. The van der Waals surface area contributed by atoms with E-state index in [0.29, 0.717) is 11.8 Å². The molecular formula is C19H25NO4. The first-order valence-corrected chi connectivity index (χ1v) is 7.85. The molecule has 0 radical (unpaired) electrons. The average Bonchev–Trinajstić information content (AvgIpc) is 2.58. The number of methoxy groups -OCH3 is 2. The SMILES string of the molecule is COc1cc2c(cc1OC)C(Cc1ccc(O)cc1)N(C)CC2.O. The van der Waals surface area contributed by atoms with E-state index >= 15 is 0 Å². The number of nitrogens with zero attached hydrogens (tertiary/aromatic N) is 1. The molecule has 0 saturated heterocycles. The van der Waals surface area contributed by atoms with Crippen LogP contribution in [0.15, 0.2) is 36.4 Å². The van der Waals surface area contributed by atoms with Gasteiger partial charge in [-0.2, -0.15) is 0 Å². The topological polar surface area (TPSA) is 73.4 Å². The minimum atomic E-state index is 0. The molecule has 5 heteroatoms. The molecule has 24 heavy (non-hydrogen) atoms. The predicted octanol–water partition coefficient (Wildman–Crippen LogP) is 2.36. The van der Waals surface area contributed by atoms with Gasteiger partial charge >= 0.3 is 0 Å². The van der Waals surface area contributed by atoms with E-state index in [-0.39, 0.29) is 5.48 Å². The van der Waals surface area contributed by atoms with Crippen LogP contribution in [0.3, 0.4) is 0 Å². The predicted molar refractivity (Wildman–Crippen MR) is 94.0 cm³/mol. The van der Waals surface area contributed by atoms with Crippen LogP contribution in [-0.4, -0.2) is 43.3 Å². The van der Waals surface area contributed by atoms with Gasteiger partial charge < -0.3 is 20.1 Å². The zero-order valence-corrected chi connectivity index (χ0v) is 14.4. The van der Waals surface area contributed by atoms with E-state index in [1.54, 1.807) is 26.4 Å². The fraction of sp³-hybridized carbons (Fsp3) is 0.368. The lowest BCUT2D eigenvalue weighted by Gasteiger charge is -2.35. The summed E-state index contributed by atoms with van der Waals surface area (Å²) in [6.07, 6.45) is 1.91. The van der Waals surface area contributed by atoms with Crippen molar-refractivity contribution in [1.29, 1.82) is 0 Å². The first-order valence-electron chi connectivity index (χ1n) is 7.85. The van der Waals surface area contributed by atoms with E-state index in [0.717, 1.165) is 30.9 Å². The third-order valence-electron chi connectivity index (χ3n) is 4.64. The van der Waals surface area contributed by atoms with Crippen molar-refractivity contribution in [2.45, 2.75) is 18.9 Å². The number of benzene rings is 2. The molecule has 0 fully saturated rings. The van der Waals surface area contributed by atoms with Crippen LogP contribution in [0, 0.1) is 0 Å². The van der Waals surface area contributed by atoms with Crippen molar-refractivity contribution in [3.05, 3.63) is 53.1 Å². The summed E-state index contributed by atoms with van der Waals surface area (Å²) in [5, 5.41) is 9.46. The van der Waals surface area contributed by atoms with E-state index in [9.17, 15) is 5.11 Å². The van der Waals surface area contributed by atoms with Crippen LogP contribution < -0.4 is 9.47 Å². The summed E-state index contributed by atoms with van der Waals surface area (Å²) in [6.45, 7) is 1.02. The number of phenols is 1. The van der Waals surface area contributed by atoms with Crippen molar-refractivity contribution in [2.24, 2.45) is 0 Å². The van der Waals surface area contributed by atoms with Crippen molar-refractivity contribution in [2.75, 3.05) is 27.8 Å². The van der Waals surface area contributed by atoms with Gasteiger partial charge in [0.05, 0.1) is 14.2 Å². The fourth-order valence-corrected chi connectivity index (χ4v) is 3.27. The number of hydrogen-bond donors (Lipinski definition) is 1. The average molecular weight is 331 g/mol. The van der Waals surface area contributed by atoms with Gasteiger partial charge in [0.15, 0.2) is 11.5 Å². The number of ether oxygens (including phenoxy) is 2. The van der Waals surface area contributed by atoms with E-state index in [1.807, 2.05) is 12.1 Å². The summed E-state index contributed by atoms with van der Waals surface area (Å²) in [5.41, 5.74) is 3.83. The molecule has 0 saturated carbocycles. The number of fused-ring (bicyclic) bond motifs is 1. The first kappa shape index (κ1) is 18.1. The maximum atomic E-state index is 9.46. The first-order chi connectivity index (χ1) is 11.1. The molecule has 0 aliphatic carbocycles. The lowest BCUT2D eigenvalue weighted by atomic mass is 9.88. The smallest absolute Gasteiger partial charge is 0.161 e. The van der Waals surface area contributed by atoms with E-state index in [1.165, 1.54) is 16.7 Å². The van der Waals surface area contributed by atoms with E-state index in [4.69, 9.17) is 9.47 Å². The van der Waals surface area contributed by atoms with Crippen LogP contribution >= 0.6 is 0 Å². The Morgan fingerprint density at radius 1 is 1.08 bits per heavy atom. The third-order valence-corrected chi connectivity index (χ3v) is 4.64. The molecule has 2 aromatic carbocycles. The van der Waals surface area contributed by atoms with Crippen LogP contribution in [-0.2, 0) is 12.8 Å². The normalized spacial score (nSPS) is 16.9. The Labute approximate surface area is 142 Å². The third kappa shape index (κ3) is 3.47. The van der Waals surface area contributed by atoms with E-state index < -0.39 is 0 Å². The Bertz CT molecular complexity index is 685. The minimum absolute atomic E-state index is 0. The fourth-order valence-electron chi connectivity index (χ4n) is 3.27. The van der Waals surface area contributed by atoms with Gasteiger partial charge in [0, 0.05) is 12.6 Å². The summed E-state index contributed by atoms with van der Waals surface area (Å²) in [7, 11) is 5.50. The molecule has 1 unspecified atom stereocenters. The van der Waals surface area contributed by atoms with Gasteiger partial charge in [-0.05, 0) is 60.8 Å². The van der Waals surface area contributed by atoms with Crippen LogP contribution in [0.1, 0.15) is 22.7 Å². The highest BCUT2D eigenvalue weighted by molar-refractivity contribution is 5.49. The van der Waals surface area contributed by atoms with Crippen molar-refractivity contribution in [3.63, 3.8) is 0 Å². The number of phenolic OH excluding ortho intramolecular Hbond substituents is 1. The maximum Gasteiger partial charge on any atom is 0.161 e. The second kappa shape index (κ2) is 7.55. The molecule has 1 aliphatic rings. The molecule has 2 aromatic rings. The molecule has 0 bridgehead atoms. The second-order valence-electron chi connectivity index (χ2n) is 6.02. The van der Waals surface area contributed by atoms with Crippen LogP contribution in [0.2, 0.25) is 0 Å². The van der Waals surface area contributed by atoms with Gasteiger partial charge in [-0.1, -0.05) is 12.1 Å². The van der Waals surface area contributed by atoms with Gasteiger partial charge in [-0.3, -0.25) is 4.90 Å². The van der Waals surface area contributed by atoms with Crippen molar-refractivity contribution >= 4 is 0 Å². The van der Waals surface area contributed by atoms with Crippen molar-refractivity contribution < 1.29 is 20.1 Å². The molecule has 0 aromatic heterocycles. The summed E-state index contributed by atoms with van der Waals surface area (Å²) >= 11 is 0. The zero-order valence-electron chi connectivity index (χ0n) is 14.4. The molecule has 1 heterocycles. The lowest BCUT2D eigenvalue weighted by Crippen LogP contribution is -2.33. The van der Waals surface area contributed by atoms with Crippen molar-refractivity contribution in [3.8, 4) is 17.2 Å². The Kier molecular flexibility index (Phi) is 5.70. The quantitative estimate of drug-likeness (QED) is 0.933. The van der Waals surface area contributed by atoms with E-state index in [2.05, 4.69) is 24.1 Å².